The zero-order chi connectivity index (χ0) is 18.0. The van der Waals surface area contributed by atoms with Crippen LogP contribution in [0.15, 0.2) is 46.9 Å². The van der Waals surface area contributed by atoms with Gasteiger partial charge in [0.1, 0.15) is 6.67 Å². The molecule has 128 valence electrons. The van der Waals surface area contributed by atoms with Gasteiger partial charge in [0.15, 0.2) is 0 Å². The number of nitrogens with one attached hydrogen (secondary N) is 1. The number of hydrogen-bond donors (Lipinski definition) is 2. The highest BCUT2D eigenvalue weighted by Crippen LogP contribution is 2.29. The van der Waals surface area contributed by atoms with Crippen LogP contribution in [0.1, 0.15) is 10.4 Å². The molecule has 0 saturated carbocycles. The summed E-state index contributed by atoms with van der Waals surface area (Å²) in [7, 11) is 0. The summed E-state index contributed by atoms with van der Waals surface area (Å²) in [6.07, 6.45) is 0. The number of carbonyl (C=O) groups is 1. The van der Waals surface area contributed by atoms with E-state index in [-0.39, 0.29) is 23.0 Å². The largest absolute Gasteiger partial charge is 0.478 e. The van der Waals surface area contributed by atoms with Crippen LogP contribution in [0.5, 0.6) is 0 Å². The van der Waals surface area contributed by atoms with E-state index in [4.69, 9.17) is 44.9 Å². The number of anilines is 1. The highest BCUT2D eigenvalue weighted by Gasteiger charge is 2.12. The summed E-state index contributed by atoms with van der Waals surface area (Å²) in [5.41, 5.74) is 1.38. The van der Waals surface area contributed by atoms with Crippen molar-refractivity contribution in [2.45, 2.75) is 6.67 Å². The van der Waals surface area contributed by atoms with E-state index < -0.39 is 5.97 Å². The lowest BCUT2D eigenvalue weighted by molar-refractivity contribution is 0.0697. The molecule has 9 heteroatoms. The van der Waals surface area contributed by atoms with E-state index in [0.29, 0.717) is 21.3 Å². The maximum Gasteiger partial charge on any atom is 0.335 e. The van der Waals surface area contributed by atoms with E-state index in [1.807, 2.05) is 0 Å². The lowest BCUT2D eigenvalue weighted by Gasteiger charge is -2.06. The average molecular weight is 396 g/mol. The molecule has 0 bridgehead atoms. The molecule has 0 fully saturated rings. The Morgan fingerprint density at radius 1 is 1.28 bits per heavy atom. The molecule has 0 aliphatic heterocycles. The summed E-state index contributed by atoms with van der Waals surface area (Å²) >= 11 is 17.2. The van der Waals surface area contributed by atoms with E-state index in [9.17, 15) is 4.79 Å². The van der Waals surface area contributed by atoms with E-state index >= 15 is 0 Å². The molecule has 25 heavy (non-hydrogen) atoms. The summed E-state index contributed by atoms with van der Waals surface area (Å²) in [5.74, 6) is -0.728. The predicted molar refractivity (Wildman–Crippen MR) is 97.8 cm³/mol. The third-order valence-electron chi connectivity index (χ3n) is 3.31. The highest BCUT2D eigenvalue weighted by molar-refractivity contribution is 7.71. The number of halogens is 2. The van der Waals surface area contributed by atoms with Crippen molar-refractivity contribution in [1.82, 2.24) is 9.78 Å². The Morgan fingerprint density at radius 3 is 2.80 bits per heavy atom. The zero-order valence-electron chi connectivity index (χ0n) is 12.6. The minimum atomic E-state index is -0.999. The van der Waals surface area contributed by atoms with Crippen molar-refractivity contribution < 1.29 is 14.3 Å². The van der Waals surface area contributed by atoms with Crippen molar-refractivity contribution in [2.75, 3.05) is 5.32 Å². The zero-order valence-corrected chi connectivity index (χ0v) is 14.9. The van der Waals surface area contributed by atoms with Gasteiger partial charge in [-0.2, -0.15) is 0 Å². The number of benzene rings is 2. The van der Waals surface area contributed by atoms with Gasteiger partial charge in [0.2, 0.25) is 5.89 Å². The van der Waals surface area contributed by atoms with Crippen molar-refractivity contribution in [3.8, 4) is 11.5 Å². The number of carboxylic acids is 1. The topological polar surface area (TPSA) is 80.3 Å². The predicted octanol–water partition coefficient (Wildman–Crippen LogP) is 4.95. The normalized spacial score (nSPS) is 10.6. The van der Waals surface area contributed by atoms with Crippen LogP contribution < -0.4 is 5.32 Å². The molecule has 3 aromatic rings. The lowest BCUT2D eigenvalue weighted by Crippen LogP contribution is -2.10. The van der Waals surface area contributed by atoms with Crippen LogP contribution in [0.2, 0.25) is 10.0 Å². The van der Waals surface area contributed by atoms with Crippen molar-refractivity contribution in [2.24, 2.45) is 0 Å². The highest BCUT2D eigenvalue weighted by atomic mass is 35.5. The maximum atomic E-state index is 11.0. The van der Waals surface area contributed by atoms with Crippen LogP contribution in [-0.4, -0.2) is 20.9 Å². The molecule has 0 aliphatic carbocycles. The third-order valence-corrected chi connectivity index (χ3v) is 4.15. The van der Waals surface area contributed by atoms with E-state index in [1.54, 1.807) is 30.3 Å². The standard InChI is InChI=1S/C16H11Cl2N3O3S/c17-10-4-5-12(13(18)7-10)14-20-21(16(25)24-14)8-19-11-3-1-2-9(6-11)15(22)23/h1-7,19H,8H2,(H,22,23). The number of nitrogens with zero attached hydrogens (tertiary/aromatic N) is 2. The van der Waals surface area contributed by atoms with Crippen molar-refractivity contribution >= 4 is 47.1 Å². The molecule has 1 aromatic heterocycles. The van der Waals surface area contributed by atoms with E-state index in [2.05, 4.69) is 10.4 Å². The lowest BCUT2D eigenvalue weighted by atomic mass is 10.2. The van der Waals surface area contributed by atoms with Gasteiger partial charge in [-0.15, -0.1) is 5.10 Å². The summed E-state index contributed by atoms with van der Waals surface area (Å²) in [6.45, 7) is 0.205. The SMILES string of the molecule is O=C(O)c1cccc(NCn2nc(-c3ccc(Cl)cc3Cl)oc2=S)c1. The van der Waals surface area contributed by atoms with Gasteiger partial charge >= 0.3 is 5.97 Å². The number of aromatic carboxylic acids is 1. The smallest absolute Gasteiger partial charge is 0.335 e. The molecular formula is C16H11Cl2N3O3S. The van der Waals surface area contributed by atoms with Crippen molar-refractivity contribution in [3.05, 3.63) is 62.9 Å². The maximum absolute atomic E-state index is 11.0. The molecule has 0 unspecified atom stereocenters. The first-order valence-corrected chi connectivity index (χ1v) is 8.21. The fourth-order valence-electron chi connectivity index (χ4n) is 2.11. The van der Waals surface area contributed by atoms with Gasteiger partial charge in [0.05, 0.1) is 16.1 Å². The Bertz CT molecular complexity index is 1000. The molecule has 0 aliphatic rings. The van der Waals surface area contributed by atoms with Crippen molar-refractivity contribution in [1.29, 1.82) is 0 Å². The van der Waals surface area contributed by atoms with Gasteiger partial charge in [-0.3, -0.25) is 0 Å². The molecule has 6 nitrogen and oxygen atoms in total. The molecule has 0 spiro atoms. The van der Waals surface area contributed by atoms with Crippen LogP contribution in [0.3, 0.4) is 0 Å². The summed E-state index contributed by atoms with van der Waals surface area (Å²) in [6, 6.07) is 11.4. The molecule has 0 amide bonds. The first-order chi connectivity index (χ1) is 11.9. The molecule has 1 heterocycles. The minimum absolute atomic E-state index is 0.155. The van der Waals surface area contributed by atoms with Crippen LogP contribution in [0, 0.1) is 4.84 Å². The number of hydrogen-bond acceptors (Lipinski definition) is 5. The van der Waals surface area contributed by atoms with Gasteiger partial charge in [0, 0.05) is 10.7 Å². The van der Waals surface area contributed by atoms with Crippen molar-refractivity contribution in [3.63, 3.8) is 0 Å². The van der Waals surface area contributed by atoms with Crippen LogP contribution in [0.25, 0.3) is 11.5 Å². The summed E-state index contributed by atoms with van der Waals surface area (Å²) in [5, 5.41) is 17.2. The monoisotopic (exact) mass is 395 g/mol. The fourth-order valence-corrected chi connectivity index (χ4v) is 2.78. The Morgan fingerprint density at radius 2 is 2.08 bits per heavy atom. The minimum Gasteiger partial charge on any atom is -0.478 e. The number of carboxylic acid groups (broad SMARTS) is 1. The summed E-state index contributed by atoms with van der Waals surface area (Å²) < 4.78 is 6.91. The average Bonchev–Trinajstić information content (AvgIpc) is 2.94. The van der Waals surface area contributed by atoms with Gasteiger partial charge < -0.3 is 14.8 Å². The van der Waals surface area contributed by atoms with Crippen LogP contribution in [-0.2, 0) is 6.67 Å². The number of aromatic nitrogens is 2. The molecule has 0 radical (unpaired) electrons. The third kappa shape index (κ3) is 4.01. The van der Waals surface area contributed by atoms with Crippen LogP contribution >= 0.6 is 35.4 Å². The Balaban J connectivity index is 1.80. The quantitative estimate of drug-likeness (QED) is 0.595. The van der Waals surface area contributed by atoms with Gasteiger partial charge in [0.25, 0.3) is 4.84 Å². The molecule has 3 rings (SSSR count). The summed E-state index contributed by atoms with van der Waals surface area (Å²) in [4.78, 5) is 11.2. The second-order valence-corrected chi connectivity index (χ2v) is 6.21. The Hall–Kier alpha value is -2.35. The molecule has 2 aromatic carbocycles. The molecule has 2 N–H and O–H groups in total. The Labute approximate surface area is 157 Å². The second-order valence-electron chi connectivity index (χ2n) is 5.02. The van der Waals surface area contributed by atoms with E-state index in [1.165, 1.54) is 16.8 Å². The van der Waals surface area contributed by atoms with Gasteiger partial charge in [-0.05, 0) is 48.6 Å². The molecule has 0 atom stereocenters. The molecule has 0 saturated heterocycles. The van der Waals surface area contributed by atoms with E-state index in [0.717, 1.165) is 0 Å². The van der Waals surface area contributed by atoms with Gasteiger partial charge in [-0.25, -0.2) is 9.48 Å². The van der Waals surface area contributed by atoms with Crippen LogP contribution in [0.4, 0.5) is 5.69 Å². The first-order valence-electron chi connectivity index (χ1n) is 7.04. The fraction of sp³-hybridized carbons (Fsp3) is 0.0625. The van der Waals surface area contributed by atoms with Gasteiger partial charge in [-0.1, -0.05) is 29.3 Å². The molecular weight excluding hydrogens is 385 g/mol. The second kappa shape index (κ2) is 7.26. The Kier molecular flexibility index (Phi) is 5.08. The first kappa shape index (κ1) is 17.5. The number of rotatable bonds is 5.